The lowest BCUT2D eigenvalue weighted by Crippen LogP contribution is -2.44. The highest BCUT2D eigenvalue weighted by Gasteiger charge is 2.39. The first kappa shape index (κ1) is 15.9. The van der Waals surface area contributed by atoms with Crippen molar-refractivity contribution in [2.45, 2.75) is 37.9 Å². The molecule has 1 unspecified atom stereocenters. The molecule has 3 N–H and O–H groups in total. The molecule has 0 spiro atoms. The highest BCUT2D eigenvalue weighted by atomic mass is 35.5. The van der Waals surface area contributed by atoms with Gasteiger partial charge in [0, 0.05) is 11.8 Å². The lowest BCUT2D eigenvalue weighted by atomic mass is 9.89. The molecule has 4 nitrogen and oxygen atoms in total. The Labute approximate surface area is 101 Å². The first-order valence-corrected chi connectivity index (χ1v) is 6.92. The second kappa shape index (κ2) is 8.02. The molecule has 0 bridgehead atoms. The van der Waals surface area contributed by atoms with E-state index in [1.54, 1.807) is 6.92 Å². The lowest BCUT2D eigenvalue weighted by molar-refractivity contribution is -0.0656. The molecule has 0 aliphatic heterocycles. The van der Waals surface area contributed by atoms with Crippen LogP contribution >= 0.6 is 31.8 Å². The number of hydrogen-bond acceptors (Lipinski definition) is 4. The molecule has 0 fully saturated rings. The molecule has 0 aromatic rings. The highest BCUT2D eigenvalue weighted by Crippen LogP contribution is 2.40. The van der Waals surface area contributed by atoms with E-state index in [4.69, 9.17) is 37.5 Å². The molecule has 0 heterocycles. The van der Waals surface area contributed by atoms with Gasteiger partial charge in [-0.05, 0) is 19.3 Å². The number of aliphatic hydroxyl groups is 1. The standard InChI is InChI=1S/C8H17Cl2O4P/c1-2-7(11)8(3-5-9,4-6-10)14-15(12)13/h7,11-13H,2-6H2,1H3. The second-order valence-electron chi connectivity index (χ2n) is 3.21. The molecule has 1 atom stereocenters. The molecule has 0 aromatic carbocycles. The molecule has 0 rings (SSSR count). The third-order valence-corrected chi connectivity index (χ3v) is 3.20. The van der Waals surface area contributed by atoms with Crippen LogP contribution in [0.1, 0.15) is 26.2 Å². The highest BCUT2D eigenvalue weighted by molar-refractivity contribution is 7.39. The smallest absolute Gasteiger partial charge is 0.327 e. The van der Waals surface area contributed by atoms with Gasteiger partial charge in [0.05, 0.1) is 6.10 Å². The van der Waals surface area contributed by atoms with Gasteiger partial charge < -0.3 is 19.4 Å². The van der Waals surface area contributed by atoms with E-state index in [2.05, 4.69) is 0 Å². The van der Waals surface area contributed by atoms with Crippen LogP contribution in [0.3, 0.4) is 0 Å². The van der Waals surface area contributed by atoms with Crippen LogP contribution in [0.4, 0.5) is 0 Å². The Morgan fingerprint density at radius 1 is 1.27 bits per heavy atom. The molecular formula is C8H17Cl2O4P. The van der Waals surface area contributed by atoms with Crippen molar-refractivity contribution in [3.63, 3.8) is 0 Å². The van der Waals surface area contributed by atoms with Gasteiger partial charge in [0.2, 0.25) is 0 Å². The fourth-order valence-electron chi connectivity index (χ4n) is 1.46. The number of hydrogen-bond donors (Lipinski definition) is 3. The molecule has 7 heteroatoms. The van der Waals surface area contributed by atoms with Crippen LogP contribution in [0.15, 0.2) is 0 Å². The van der Waals surface area contributed by atoms with Crippen molar-refractivity contribution in [3.05, 3.63) is 0 Å². The number of aliphatic hydroxyl groups excluding tert-OH is 1. The summed E-state index contributed by atoms with van der Waals surface area (Å²) < 4.78 is 5.03. The first-order chi connectivity index (χ1) is 7.02. The van der Waals surface area contributed by atoms with Crippen LogP contribution in [0.25, 0.3) is 0 Å². The topological polar surface area (TPSA) is 69.9 Å². The van der Waals surface area contributed by atoms with Crippen molar-refractivity contribution in [1.29, 1.82) is 0 Å². The summed E-state index contributed by atoms with van der Waals surface area (Å²) in [6.07, 6.45) is 0.294. The Kier molecular flexibility index (Phi) is 8.47. The monoisotopic (exact) mass is 278 g/mol. The van der Waals surface area contributed by atoms with Gasteiger partial charge in [-0.15, -0.1) is 23.2 Å². The Balaban J connectivity index is 4.70. The number of alkyl halides is 2. The van der Waals surface area contributed by atoms with Gasteiger partial charge in [-0.3, -0.25) is 0 Å². The Bertz CT molecular complexity index is 165. The molecule has 0 radical (unpaired) electrons. The third-order valence-electron chi connectivity index (χ3n) is 2.29. The van der Waals surface area contributed by atoms with Crippen molar-refractivity contribution in [1.82, 2.24) is 0 Å². The Hall–Kier alpha value is 0.850. The first-order valence-electron chi connectivity index (χ1n) is 4.69. The van der Waals surface area contributed by atoms with E-state index in [1.807, 2.05) is 0 Å². The minimum Gasteiger partial charge on any atom is -0.390 e. The molecule has 0 amide bonds. The van der Waals surface area contributed by atoms with E-state index in [0.29, 0.717) is 19.3 Å². The van der Waals surface area contributed by atoms with Crippen LogP contribution in [-0.4, -0.2) is 38.4 Å². The van der Waals surface area contributed by atoms with Gasteiger partial charge in [-0.1, -0.05) is 6.92 Å². The number of rotatable bonds is 8. The second-order valence-corrected chi connectivity index (χ2v) is 4.65. The van der Waals surface area contributed by atoms with E-state index in [9.17, 15) is 5.11 Å². The van der Waals surface area contributed by atoms with E-state index in [1.165, 1.54) is 0 Å². The fourth-order valence-corrected chi connectivity index (χ4v) is 2.73. The summed E-state index contributed by atoms with van der Waals surface area (Å²) in [6.45, 7) is 1.78. The zero-order chi connectivity index (χ0) is 11.9. The Morgan fingerprint density at radius 3 is 2.00 bits per heavy atom. The van der Waals surface area contributed by atoms with Crippen LogP contribution in [0, 0.1) is 0 Å². The fraction of sp³-hybridized carbons (Fsp3) is 1.00. The summed E-state index contributed by atoms with van der Waals surface area (Å²) in [7, 11) is -2.53. The van der Waals surface area contributed by atoms with Gasteiger partial charge in [-0.25, -0.2) is 0 Å². The SMILES string of the molecule is CCC(O)C(CCCl)(CCCl)OP(O)O. The molecule has 0 saturated heterocycles. The minimum absolute atomic E-state index is 0.261. The maximum atomic E-state index is 9.83. The van der Waals surface area contributed by atoms with Crippen molar-refractivity contribution in [3.8, 4) is 0 Å². The van der Waals surface area contributed by atoms with Crippen molar-refractivity contribution < 1.29 is 19.4 Å². The van der Waals surface area contributed by atoms with Gasteiger partial charge in [-0.2, -0.15) is 0 Å². The zero-order valence-electron chi connectivity index (χ0n) is 8.57. The van der Waals surface area contributed by atoms with E-state index >= 15 is 0 Å². The van der Waals surface area contributed by atoms with Crippen LogP contribution in [-0.2, 0) is 4.52 Å². The molecule has 0 aliphatic rings. The average Bonchev–Trinajstić information content (AvgIpc) is 2.16. The maximum Gasteiger partial charge on any atom is 0.327 e. The Morgan fingerprint density at radius 2 is 1.73 bits per heavy atom. The summed E-state index contributed by atoms with van der Waals surface area (Å²) >= 11 is 11.2. The third kappa shape index (κ3) is 5.14. The average molecular weight is 279 g/mol. The van der Waals surface area contributed by atoms with Crippen LogP contribution < -0.4 is 0 Å². The lowest BCUT2D eigenvalue weighted by Gasteiger charge is -2.36. The summed E-state index contributed by atoms with van der Waals surface area (Å²) in [6, 6.07) is 0. The molecular weight excluding hydrogens is 262 g/mol. The van der Waals surface area contributed by atoms with E-state index in [0.717, 1.165) is 0 Å². The van der Waals surface area contributed by atoms with Crippen LogP contribution in [0.5, 0.6) is 0 Å². The van der Waals surface area contributed by atoms with Gasteiger partial charge in [0.25, 0.3) is 0 Å². The minimum atomic E-state index is -2.53. The largest absolute Gasteiger partial charge is 0.390 e. The van der Waals surface area contributed by atoms with Crippen molar-refractivity contribution >= 4 is 31.8 Å². The zero-order valence-corrected chi connectivity index (χ0v) is 11.0. The summed E-state index contributed by atoms with van der Waals surface area (Å²) in [5, 5.41) is 9.83. The van der Waals surface area contributed by atoms with E-state index < -0.39 is 20.3 Å². The number of halogens is 2. The molecule has 92 valence electrons. The maximum absolute atomic E-state index is 9.83. The van der Waals surface area contributed by atoms with Crippen molar-refractivity contribution in [2.75, 3.05) is 11.8 Å². The van der Waals surface area contributed by atoms with Crippen LogP contribution in [0.2, 0.25) is 0 Å². The summed E-state index contributed by atoms with van der Waals surface area (Å²) in [4.78, 5) is 17.8. The molecule has 15 heavy (non-hydrogen) atoms. The molecule has 0 aromatic heterocycles. The quantitative estimate of drug-likeness (QED) is 0.469. The van der Waals surface area contributed by atoms with Gasteiger partial charge >= 0.3 is 8.60 Å². The molecule has 0 saturated carbocycles. The summed E-state index contributed by atoms with van der Waals surface area (Å²) in [5.74, 6) is 0.522. The predicted molar refractivity (Wildman–Crippen MR) is 62.1 cm³/mol. The normalized spacial score (nSPS) is 14.6. The predicted octanol–water partition coefficient (Wildman–Crippen LogP) is 1.98. The van der Waals surface area contributed by atoms with Gasteiger partial charge in [0.1, 0.15) is 5.60 Å². The summed E-state index contributed by atoms with van der Waals surface area (Å²) in [5.41, 5.74) is -1.05. The van der Waals surface area contributed by atoms with Crippen molar-refractivity contribution in [2.24, 2.45) is 0 Å². The van der Waals surface area contributed by atoms with Gasteiger partial charge in [0.15, 0.2) is 0 Å². The van der Waals surface area contributed by atoms with E-state index in [-0.39, 0.29) is 11.8 Å². The molecule has 0 aliphatic carbocycles.